The lowest BCUT2D eigenvalue weighted by atomic mass is 10.2. The second kappa shape index (κ2) is 8.03. The van der Waals surface area contributed by atoms with Crippen molar-refractivity contribution < 1.29 is 13.9 Å². The number of amides is 1. The zero-order chi connectivity index (χ0) is 16.8. The fraction of sp³-hybridized carbons (Fsp3) is 0.412. The molecule has 1 aromatic carbocycles. The summed E-state index contributed by atoms with van der Waals surface area (Å²) in [4.78, 5) is 11.9. The summed E-state index contributed by atoms with van der Waals surface area (Å²) in [5.41, 5.74) is 1.67. The molecule has 24 heavy (non-hydrogen) atoms. The van der Waals surface area contributed by atoms with Gasteiger partial charge in [-0.1, -0.05) is 0 Å². The van der Waals surface area contributed by atoms with Crippen molar-refractivity contribution in [2.24, 2.45) is 0 Å². The number of ether oxygens (including phenoxy) is 1. The third kappa shape index (κ3) is 4.62. The minimum atomic E-state index is -0.272. The van der Waals surface area contributed by atoms with E-state index in [9.17, 15) is 9.18 Å². The Morgan fingerprint density at radius 1 is 1.38 bits per heavy atom. The zero-order valence-electron chi connectivity index (χ0n) is 13.4. The third-order valence-corrected chi connectivity index (χ3v) is 3.87. The van der Waals surface area contributed by atoms with Crippen molar-refractivity contribution >= 4 is 5.91 Å². The molecule has 1 aromatic heterocycles. The van der Waals surface area contributed by atoms with Gasteiger partial charge in [0.15, 0.2) is 0 Å². The standard InChI is InChI=1S/C17H21FN4O2/c18-13-1-3-16(4-2-13)22-9-6-14(21-22)5-7-20-17(23)11-15-12-24-10-8-19-15/h1-4,6,9,15,19H,5,7-8,10-12H2,(H,20,23). The van der Waals surface area contributed by atoms with Gasteiger partial charge in [-0.3, -0.25) is 4.79 Å². The Morgan fingerprint density at radius 3 is 2.96 bits per heavy atom. The van der Waals surface area contributed by atoms with Gasteiger partial charge in [-0.2, -0.15) is 5.10 Å². The molecule has 1 aliphatic heterocycles. The molecule has 0 bridgehead atoms. The SMILES string of the molecule is O=C(CC1COCCN1)NCCc1ccn(-c2ccc(F)cc2)n1. The van der Waals surface area contributed by atoms with Gasteiger partial charge in [-0.05, 0) is 30.3 Å². The van der Waals surface area contributed by atoms with Crippen LogP contribution in [0.3, 0.4) is 0 Å². The highest BCUT2D eigenvalue weighted by atomic mass is 19.1. The number of nitrogens with one attached hydrogen (secondary N) is 2. The minimum Gasteiger partial charge on any atom is -0.378 e. The first-order chi connectivity index (χ1) is 11.7. The first-order valence-electron chi connectivity index (χ1n) is 8.09. The van der Waals surface area contributed by atoms with Gasteiger partial charge < -0.3 is 15.4 Å². The molecule has 3 rings (SSSR count). The molecule has 0 saturated carbocycles. The van der Waals surface area contributed by atoms with Crippen LogP contribution in [0.1, 0.15) is 12.1 Å². The van der Waals surface area contributed by atoms with E-state index in [4.69, 9.17) is 4.74 Å². The maximum atomic E-state index is 12.9. The molecule has 0 spiro atoms. The molecule has 1 atom stereocenters. The Kier molecular flexibility index (Phi) is 5.55. The fourth-order valence-electron chi connectivity index (χ4n) is 2.61. The number of carbonyl (C=O) groups excluding carboxylic acids is 1. The van der Waals surface area contributed by atoms with Crippen LogP contribution >= 0.6 is 0 Å². The fourth-order valence-corrected chi connectivity index (χ4v) is 2.61. The van der Waals surface area contributed by atoms with E-state index in [2.05, 4.69) is 15.7 Å². The summed E-state index contributed by atoms with van der Waals surface area (Å²) in [7, 11) is 0. The smallest absolute Gasteiger partial charge is 0.221 e. The Hall–Kier alpha value is -2.25. The summed E-state index contributed by atoms with van der Waals surface area (Å²) >= 11 is 0. The first kappa shape index (κ1) is 16.6. The van der Waals surface area contributed by atoms with Gasteiger partial charge in [-0.15, -0.1) is 0 Å². The zero-order valence-corrected chi connectivity index (χ0v) is 13.4. The number of aromatic nitrogens is 2. The lowest BCUT2D eigenvalue weighted by Gasteiger charge is -2.23. The molecule has 1 fully saturated rings. The number of morpholine rings is 1. The highest BCUT2D eigenvalue weighted by Gasteiger charge is 2.16. The lowest BCUT2D eigenvalue weighted by Crippen LogP contribution is -2.44. The number of hydrogen-bond donors (Lipinski definition) is 2. The minimum absolute atomic E-state index is 0.0102. The molecule has 2 N–H and O–H groups in total. The summed E-state index contributed by atoms with van der Waals surface area (Å²) in [6, 6.07) is 8.14. The Morgan fingerprint density at radius 2 is 2.21 bits per heavy atom. The predicted molar refractivity (Wildman–Crippen MR) is 87.5 cm³/mol. The molecular formula is C17H21FN4O2. The van der Waals surface area contributed by atoms with Crippen LogP contribution in [-0.2, 0) is 16.0 Å². The molecule has 1 aliphatic rings. The quantitative estimate of drug-likeness (QED) is 0.830. The molecule has 1 saturated heterocycles. The number of benzene rings is 1. The average molecular weight is 332 g/mol. The van der Waals surface area contributed by atoms with Crippen LogP contribution in [0.5, 0.6) is 0 Å². The van der Waals surface area contributed by atoms with Gasteiger partial charge in [0.05, 0.1) is 24.6 Å². The van der Waals surface area contributed by atoms with Crippen LogP contribution in [0.2, 0.25) is 0 Å². The first-order valence-corrected chi connectivity index (χ1v) is 8.09. The van der Waals surface area contributed by atoms with Crippen molar-refractivity contribution in [3.8, 4) is 5.69 Å². The second-order valence-corrected chi connectivity index (χ2v) is 5.76. The molecule has 0 aliphatic carbocycles. The molecule has 2 aromatic rings. The Labute approximate surface area is 140 Å². The van der Waals surface area contributed by atoms with Crippen molar-refractivity contribution in [3.63, 3.8) is 0 Å². The second-order valence-electron chi connectivity index (χ2n) is 5.76. The van der Waals surface area contributed by atoms with Crippen LogP contribution in [0.15, 0.2) is 36.5 Å². The summed E-state index contributed by atoms with van der Waals surface area (Å²) in [5, 5.41) is 10.6. The number of carbonyl (C=O) groups is 1. The van der Waals surface area contributed by atoms with E-state index < -0.39 is 0 Å². The molecule has 1 amide bonds. The van der Waals surface area contributed by atoms with Crippen LogP contribution in [0.4, 0.5) is 4.39 Å². The van der Waals surface area contributed by atoms with Crippen LogP contribution in [0, 0.1) is 5.82 Å². The molecule has 6 nitrogen and oxygen atoms in total. The van der Waals surface area contributed by atoms with Crippen molar-refractivity contribution in [1.82, 2.24) is 20.4 Å². The summed E-state index contributed by atoms with van der Waals surface area (Å²) < 4.78 is 20.0. The highest BCUT2D eigenvalue weighted by molar-refractivity contribution is 5.76. The van der Waals surface area contributed by atoms with Gasteiger partial charge >= 0.3 is 0 Å². The highest BCUT2D eigenvalue weighted by Crippen LogP contribution is 2.09. The van der Waals surface area contributed by atoms with Gasteiger partial charge in [0, 0.05) is 38.2 Å². The van der Waals surface area contributed by atoms with E-state index in [0.717, 1.165) is 17.9 Å². The van der Waals surface area contributed by atoms with Gasteiger partial charge in [0.25, 0.3) is 0 Å². The molecule has 128 valence electrons. The maximum Gasteiger partial charge on any atom is 0.221 e. The maximum absolute atomic E-state index is 12.9. The van der Waals surface area contributed by atoms with Gasteiger partial charge in [-0.25, -0.2) is 9.07 Å². The van der Waals surface area contributed by atoms with Crippen LogP contribution in [0.25, 0.3) is 5.69 Å². The number of halogens is 1. The summed E-state index contributed by atoms with van der Waals surface area (Å²) in [6.07, 6.45) is 2.90. The largest absolute Gasteiger partial charge is 0.378 e. The van der Waals surface area contributed by atoms with E-state index in [1.54, 1.807) is 16.8 Å². The van der Waals surface area contributed by atoms with Gasteiger partial charge in [0.1, 0.15) is 5.82 Å². The Bertz CT molecular complexity index is 665. The molecule has 2 heterocycles. The van der Waals surface area contributed by atoms with E-state index in [-0.39, 0.29) is 17.8 Å². The number of rotatable bonds is 6. The number of nitrogens with zero attached hydrogens (tertiary/aromatic N) is 2. The van der Waals surface area contributed by atoms with E-state index >= 15 is 0 Å². The predicted octanol–water partition coefficient (Wildman–Crippen LogP) is 1.05. The Balaban J connectivity index is 1.43. The molecule has 1 unspecified atom stereocenters. The van der Waals surface area contributed by atoms with Crippen molar-refractivity contribution in [2.45, 2.75) is 18.9 Å². The van der Waals surface area contributed by atoms with Crippen molar-refractivity contribution in [1.29, 1.82) is 0 Å². The molecule has 0 radical (unpaired) electrons. The lowest BCUT2D eigenvalue weighted by molar-refractivity contribution is -0.122. The van der Waals surface area contributed by atoms with E-state index in [1.165, 1.54) is 12.1 Å². The topological polar surface area (TPSA) is 68.2 Å². The monoisotopic (exact) mass is 332 g/mol. The third-order valence-electron chi connectivity index (χ3n) is 3.87. The summed E-state index contributed by atoms with van der Waals surface area (Å²) in [6.45, 7) is 2.61. The molecular weight excluding hydrogens is 311 g/mol. The van der Waals surface area contributed by atoms with E-state index in [1.807, 2.05) is 12.3 Å². The number of hydrogen-bond acceptors (Lipinski definition) is 4. The molecule has 7 heteroatoms. The van der Waals surface area contributed by atoms with Gasteiger partial charge in [0.2, 0.25) is 5.91 Å². The van der Waals surface area contributed by atoms with Crippen molar-refractivity contribution in [3.05, 3.63) is 48.0 Å². The average Bonchev–Trinajstić information content (AvgIpc) is 3.05. The summed E-state index contributed by atoms with van der Waals surface area (Å²) in [5.74, 6) is -0.261. The van der Waals surface area contributed by atoms with E-state index in [0.29, 0.717) is 32.6 Å². The van der Waals surface area contributed by atoms with Crippen LogP contribution in [-0.4, -0.2) is 48.0 Å². The normalized spacial score (nSPS) is 17.6. The van der Waals surface area contributed by atoms with Crippen LogP contribution < -0.4 is 10.6 Å². The van der Waals surface area contributed by atoms with Crippen molar-refractivity contribution in [2.75, 3.05) is 26.3 Å².